The Hall–Kier alpha value is -5.92. The average molecular weight is 613 g/mol. The molecular formula is C47H32O. The summed E-state index contributed by atoms with van der Waals surface area (Å²) in [5.41, 5.74) is 14.5. The molecule has 1 aromatic heterocycles. The van der Waals surface area contributed by atoms with Crippen LogP contribution in [0.2, 0.25) is 0 Å². The van der Waals surface area contributed by atoms with E-state index < -0.39 is 0 Å². The van der Waals surface area contributed by atoms with Crippen molar-refractivity contribution in [2.45, 2.75) is 19.3 Å². The first-order valence-electron chi connectivity index (χ1n) is 16.8. The molecule has 0 saturated carbocycles. The first kappa shape index (κ1) is 27.2. The van der Waals surface area contributed by atoms with Gasteiger partial charge in [-0.15, -0.1) is 0 Å². The summed E-state index contributed by atoms with van der Waals surface area (Å²) in [6, 6.07) is 57.6. The second kappa shape index (κ2) is 10.0. The van der Waals surface area contributed by atoms with Crippen molar-refractivity contribution in [2.75, 3.05) is 0 Å². The lowest BCUT2D eigenvalue weighted by molar-refractivity contribution is 0.660. The molecule has 10 rings (SSSR count). The van der Waals surface area contributed by atoms with E-state index in [9.17, 15) is 0 Å². The quantitative estimate of drug-likeness (QED) is 0.181. The molecule has 0 N–H and O–H groups in total. The number of benzene rings is 8. The third kappa shape index (κ3) is 3.79. The maximum atomic E-state index is 6.68. The standard InChI is InChI=1S/C47H32O/c1-47(2)40-22-12-10-16-32(40)33-25-24-30(27-41(33)47)31-26-39(46-38-21-11-13-23-42(38)48-43(46)28-31)45-36-19-8-6-17-34(36)44(29-14-4-3-5-15-29)35-18-7-9-20-37(35)45/h3-28H,1-2H3. The summed E-state index contributed by atoms with van der Waals surface area (Å²) in [6.45, 7) is 4.70. The zero-order chi connectivity index (χ0) is 32.0. The molecule has 0 fully saturated rings. The molecule has 0 bridgehead atoms. The van der Waals surface area contributed by atoms with E-state index in [0.717, 1.165) is 27.5 Å². The molecule has 1 heterocycles. The van der Waals surface area contributed by atoms with Gasteiger partial charge in [0.2, 0.25) is 0 Å². The molecule has 0 aliphatic heterocycles. The highest BCUT2D eigenvalue weighted by molar-refractivity contribution is 6.26. The number of fused-ring (bicyclic) bond motifs is 8. The fourth-order valence-electron chi connectivity index (χ4n) is 8.44. The monoisotopic (exact) mass is 612 g/mol. The van der Waals surface area contributed by atoms with E-state index in [4.69, 9.17) is 4.42 Å². The Morgan fingerprint density at radius 3 is 1.69 bits per heavy atom. The highest BCUT2D eigenvalue weighted by Crippen LogP contribution is 2.51. The summed E-state index contributed by atoms with van der Waals surface area (Å²) in [4.78, 5) is 0. The molecule has 0 spiro atoms. The number of furan rings is 1. The summed E-state index contributed by atoms with van der Waals surface area (Å²) in [5, 5.41) is 7.28. The van der Waals surface area contributed by atoms with Crippen LogP contribution in [0.1, 0.15) is 25.0 Å². The third-order valence-electron chi connectivity index (χ3n) is 10.7. The van der Waals surface area contributed by atoms with Gasteiger partial charge in [-0.2, -0.15) is 0 Å². The number of para-hydroxylation sites is 1. The van der Waals surface area contributed by atoms with E-state index in [2.05, 4.69) is 172 Å². The van der Waals surface area contributed by atoms with Crippen LogP contribution in [0.5, 0.6) is 0 Å². The summed E-state index contributed by atoms with van der Waals surface area (Å²) >= 11 is 0. The Bertz CT molecular complexity index is 2690. The van der Waals surface area contributed by atoms with Crippen molar-refractivity contribution >= 4 is 43.5 Å². The van der Waals surface area contributed by atoms with E-state index in [0.29, 0.717) is 0 Å². The van der Waals surface area contributed by atoms with Crippen LogP contribution < -0.4 is 0 Å². The van der Waals surface area contributed by atoms with Gasteiger partial charge in [0.25, 0.3) is 0 Å². The zero-order valence-electron chi connectivity index (χ0n) is 26.9. The predicted octanol–water partition coefficient (Wildman–Crippen LogP) is 13.2. The van der Waals surface area contributed by atoms with E-state index >= 15 is 0 Å². The number of rotatable bonds is 3. The van der Waals surface area contributed by atoms with E-state index in [1.54, 1.807) is 0 Å². The van der Waals surface area contributed by atoms with E-state index in [1.165, 1.54) is 71.6 Å². The summed E-state index contributed by atoms with van der Waals surface area (Å²) in [6.07, 6.45) is 0. The minimum absolute atomic E-state index is 0.0755. The Balaban J connectivity index is 1.31. The molecule has 48 heavy (non-hydrogen) atoms. The molecule has 0 radical (unpaired) electrons. The Labute approximate surface area is 279 Å². The second-order valence-corrected chi connectivity index (χ2v) is 13.6. The van der Waals surface area contributed by atoms with Gasteiger partial charge in [-0.1, -0.05) is 147 Å². The third-order valence-corrected chi connectivity index (χ3v) is 10.7. The molecule has 1 aliphatic carbocycles. The predicted molar refractivity (Wildman–Crippen MR) is 203 cm³/mol. The van der Waals surface area contributed by atoms with Gasteiger partial charge in [-0.3, -0.25) is 0 Å². The molecule has 0 atom stereocenters. The fourth-order valence-corrected chi connectivity index (χ4v) is 8.44. The Morgan fingerprint density at radius 2 is 0.958 bits per heavy atom. The van der Waals surface area contributed by atoms with Crippen LogP contribution in [-0.2, 0) is 5.41 Å². The molecule has 1 heteroatoms. The van der Waals surface area contributed by atoms with Crippen molar-refractivity contribution in [1.29, 1.82) is 0 Å². The normalized spacial score (nSPS) is 13.4. The molecule has 8 aromatic carbocycles. The smallest absolute Gasteiger partial charge is 0.136 e. The van der Waals surface area contributed by atoms with Crippen LogP contribution in [0.3, 0.4) is 0 Å². The first-order chi connectivity index (χ1) is 23.6. The molecule has 0 saturated heterocycles. The van der Waals surface area contributed by atoms with Gasteiger partial charge in [0.05, 0.1) is 0 Å². The largest absolute Gasteiger partial charge is 0.456 e. The van der Waals surface area contributed by atoms with E-state index in [-0.39, 0.29) is 5.41 Å². The van der Waals surface area contributed by atoms with E-state index in [1.807, 2.05) is 0 Å². The van der Waals surface area contributed by atoms with Crippen molar-refractivity contribution in [3.63, 3.8) is 0 Å². The Kier molecular flexibility index (Phi) is 5.69. The van der Waals surface area contributed by atoms with Gasteiger partial charge >= 0.3 is 0 Å². The number of hydrogen-bond donors (Lipinski definition) is 0. The molecule has 0 amide bonds. The summed E-state index contributed by atoms with van der Waals surface area (Å²) in [5.74, 6) is 0. The van der Waals surface area contributed by atoms with Crippen LogP contribution in [0.25, 0.3) is 88.0 Å². The zero-order valence-corrected chi connectivity index (χ0v) is 26.9. The first-order valence-corrected chi connectivity index (χ1v) is 16.8. The molecule has 1 aliphatic rings. The SMILES string of the molecule is CC1(C)c2ccccc2-c2ccc(-c3cc(-c4c5ccccc5c(-c5ccccc5)c5ccccc45)c4c(c3)oc3ccccc34)cc21. The summed E-state index contributed by atoms with van der Waals surface area (Å²) in [7, 11) is 0. The lowest BCUT2D eigenvalue weighted by Gasteiger charge is -2.22. The van der Waals surface area contributed by atoms with Crippen molar-refractivity contribution in [1.82, 2.24) is 0 Å². The van der Waals surface area contributed by atoms with Crippen LogP contribution >= 0.6 is 0 Å². The molecule has 1 nitrogen and oxygen atoms in total. The highest BCUT2D eigenvalue weighted by atomic mass is 16.3. The van der Waals surface area contributed by atoms with Gasteiger partial charge in [0.15, 0.2) is 0 Å². The maximum absolute atomic E-state index is 6.68. The maximum Gasteiger partial charge on any atom is 0.136 e. The molecular weight excluding hydrogens is 581 g/mol. The lowest BCUT2D eigenvalue weighted by atomic mass is 9.81. The summed E-state index contributed by atoms with van der Waals surface area (Å²) < 4.78 is 6.68. The van der Waals surface area contributed by atoms with Crippen molar-refractivity contribution in [3.8, 4) is 44.5 Å². The minimum Gasteiger partial charge on any atom is -0.456 e. The fraction of sp³-hybridized carbons (Fsp3) is 0.0638. The number of hydrogen-bond acceptors (Lipinski definition) is 1. The van der Waals surface area contributed by atoms with Crippen LogP contribution in [0.15, 0.2) is 162 Å². The van der Waals surface area contributed by atoms with Crippen LogP contribution in [-0.4, -0.2) is 0 Å². The van der Waals surface area contributed by atoms with Crippen LogP contribution in [0.4, 0.5) is 0 Å². The molecule has 9 aromatic rings. The average Bonchev–Trinajstić information content (AvgIpc) is 3.62. The topological polar surface area (TPSA) is 13.1 Å². The Morgan fingerprint density at radius 1 is 0.375 bits per heavy atom. The minimum atomic E-state index is -0.0755. The lowest BCUT2D eigenvalue weighted by Crippen LogP contribution is -2.14. The van der Waals surface area contributed by atoms with Gasteiger partial charge in [-0.05, 0) is 101 Å². The van der Waals surface area contributed by atoms with Crippen molar-refractivity contribution < 1.29 is 4.42 Å². The van der Waals surface area contributed by atoms with Crippen LogP contribution in [0, 0.1) is 0 Å². The van der Waals surface area contributed by atoms with Gasteiger partial charge in [0, 0.05) is 16.2 Å². The molecule has 226 valence electrons. The van der Waals surface area contributed by atoms with Crippen molar-refractivity contribution in [3.05, 3.63) is 169 Å². The highest BCUT2D eigenvalue weighted by Gasteiger charge is 2.35. The van der Waals surface area contributed by atoms with Crippen molar-refractivity contribution in [2.24, 2.45) is 0 Å². The second-order valence-electron chi connectivity index (χ2n) is 13.6. The van der Waals surface area contributed by atoms with Gasteiger partial charge in [-0.25, -0.2) is 0 Å². The van der Waals surface area contributed by atoms with Gasteiger partial charge < -0.3 is 4.42 Å². The van der Waals surface area contributed by atoms with Gasteiger partial charge in [0.1, 0.15) is 11.2 Å². The molecule has 0 unspecified atom stereocenters.